The van der Waals surface area contributed by atoms with Crippen molar-refractivity contribution in [1.82, 2.24) is 0 Å². The second-order valence-corrected chi connectivity index (χ2v) is 5.86. The lowest BCUT2D eigenvalue weighted by Crippen LogP contribution is -2.42. The summed E-state index contributed by atoms with van der Waals surface area (Å²) in [6, 6.07) is 10.2. The summed E-state index contributed by atoms with van der Waals surface area (Å²) in [4.78, 5) is 0. The van der Waals surface area contributed by atoms with Crippen LogP contribution in [0.2, 0.25) is 0 Å². The zero-order valence-corrected chi connectivity index (χ0v) is 10.4. The predicted molar refractivity (Wildman–Crippen MR) is 64.9 cm³/mol. The van der Waals surface area contributed by atoms with Crippen LogP contribution >= 0.6 is 0 Å². The zero-order valence-electron chi connectivity index (χ0n) is 10.4. The molecule has 0 bridgehead atoms. The fraction of sp³-hybridized carbons (Fsp3) is 0.571. The Morgan fingerprint density at radius 1 is 0.933 bits per heavy atom. The van der Waals surface area contributed by atoms with E-state index in [1.54, 1.807) is 0 Å². The summed E-state index contributed by atoms with van der Waals surface area (Å²) in [7, 11) is 0. The smallest absolute Gasteiger partial charge is 0.0679 e. The molecule has 0 aliphatic heterocycles. The molecule has 0 aliphatic carbocycles. The van der Waals surface area contributed by atoms with Gasteiger partial charge in [0.2, 0.25) is 0 Å². The molecule has 0 amide bonds. The van der Waals surface area contributed by atoms with E-state index in [1.165, 1.54) is 5.56 Å². The average molecular weight is 206 g/mol. The van der Waals surface area contributed by atoms with Crippen molar-refractivity contribution in [1.29, 1.82) is 0 Å². The van der Waals surface area contributed by atoms with Gasteiger partial charge in [0.05, 0.1) is 6.10 Å². The Morgan fingerprint density at radius 3 is 1.80 bits per heavy atom. The summed E-state index contributed by atoms with van der Waals surface area (Å²) in [5.74, 6) is 0. The van der Waals surface area contributed by atoms with Gasteiger partial charge in [0.1, 0.15) is 0 Å². The molecule has 0 fully saturated rings. The molecule has 1 atom stereocenters. The van der Waals surface area contributed by atoms with E-state index in [9.17, 15) is 5.11 Å². The van der Waals surface area contributed by atoms with Crippen molar-refractivity contribution in [2.24, 2.45) is 5.41 Å². The molecule has 0 saturated heterocycles. The SMILES string of the molecule is CC(C)(C)C(O)C(C)(C)c1ccccc1. The van der Waals surface area contributed by atoms with E-state index in [0.29, 0.717) is 0 Å². The minimum Gasteiger partial charge on any atom is -0.392 e. The molecule has 0 spiro atoms. The highest BCUT2D eigenvalue weighted by Crippen LogP contribution is 2.36. The molecular formula is C14H22O. The third kappa shape index (κ3) is 2.60. The van der Waals surface area contributed by atoms with Crippen LogP contribution in [0.5, 0.6) is 0 Å². The lowest BCUT2D eigenvalue weighted by Gasteiger charge is -2.39. The Hall–Kier alpha value is -0.820. The molecule has 1 nitrogen and oxygen atoms in total. The van der Waals surface area contributed by atoms with E-state index in [1.807, 2.05) is 18.2 Å². The maximum atomic E-state index is 10.4. The highest BCUT2D eigenvalue weighted by Gasteiger charge is 2.37. The van der Waals surface area contributed by atoms with Crippen LogP contribution in [0, 0.1) is 5.41 Å². The monoisotopic (exact) mass is 206 g/mol. The maximum Gasteiger partial charge on any atom is 0.0679 e. The second-order valence-electron chi connectivity index (χ2n) is 5.86. The first-order valence-corrected chi connectivity index (χ1v) is 5.50. The van der Waals surface area contributed by atoms with Gasteiger partial charge in [-0.3, -0.25) is 0 Å². The van der Waals surface area contributed by atoms with Crippen molar-refractivity contribution in [2.75, 3.05) is 0 Å². The van der Waals surface area contributed by atoms with Crippen LogP contribution in [0.15, 0.2) is 30.3 Å². The molecule has 1 N–H and O–H groups in total. The van der Waals surface area contributed by atoms with Gasteiger partial charge in [-0.25, -0.2) is 0 Å². The lowest BCUT2D eigenvalue weighted by atomic mass is 9.69. The number of hydrogen-bond acceptors (Lipinski definition) is 1. The van der Waals surface area contributed by atoms with Crippen LogP contribution in [0.25, 0.3) is 0 Å². The van der Waals surface area contributed by atoms with Crippen LogP contribution in [0.3, 0.4) is 0 Å². The molecule has 0 radical (unpaired) electrons. The molecule has 1 rings (SSSR count). The van der Waals surface area contributed by atoms with E-state index < -0.39 is 0 Å². The molecule has 0 heterocycles. The summed E-state index contributed by atoms with van der Waals surface area (Å²) in [5.41, 5.74) is 0.881. The number of hydrogen-bond donors (Lipinski definition) is 1. The summed E-state index contributed by atoms with van der Waals surface area (Å²) in [5, 5.41) is 10.4. The van der Waals surface area contributed by atoms with Gasteiger partial charge >= 0.3 is 0 Å². The maximum absolute atomic E-state index is 10.4. The Kier molecular flexibility index (Phi) is 3.25. The molecule has 1 aromatic rings. The normalized spacial score (nSPS) is 15.1. The first-order chi connectivity index (χ1) is 6.76. The summed E-state index contributed by atoms with van der Waals surface area (Å²) >= 11 is 0. The van der Waals surface area contributed by atoms with Crippen molar-refractivity contribution in [3.8, 4) is 0 Å². The van der Waals surface area contributed by atoms with Crippen LogP contribution in [0.1, 0.15) is 40.2 Å². The first kappa shape index (κ1) is 12.3. The minimum atomic E-state index is -0.354. The average Bonchev–Trinajstić information content (AvgIpc) is 2.16. The topological polar surface area (TPSA) is 20.2 Å². The van der Waals surface area contributed by atoms with Gasteiger partial charge in [-0.2, -0.15) is 0 Å². The standard InChI is InChI=1S/C14H22O/c1-13(2,3)12(15)14(4,5)11-9-7-6-8-10-11/h6-10,12,15H,1-5H3. The van der Waals surface area contributed by atoms with E-state index in [-0.39, 0.29) is 16.9 Å². The number of aliphatic hydroxyl groups excluding tert-OH is 1. The summed E-state index contributed by atoms with van der Waals surface area (Å²) in [6.45, 7) is 10.4. The van der Waals surface area contributed by atoms with E-state index in [0.717, 1.165) is 0 Å². The van der Waals surface area contributed by atoms with Crippen LogP contribution < -0.4 is 0 Å². The molecule has 15 heavy (non-hydrogen) atoms. The zero-order chi connectivity index (χ0) is 11.7. The number of aliphatic hydroxyl groups is 1. The van der Waals surface area contributed by atoms with Gasteiger partial charge < -0.3 is 5.11 Å². The highest BCUT2D eigenvalue weighted by molar-refractivity contribution is 5.25. The number of benzene rings is 1. The third-order valence-electron chi connectivity index (χ3n) is 3.02. The van der Waals surface area contributed by atoms with Gasteiger partial charge in [-0.15, -0.1) is 0 Å². The summed E-state index contributed by atoms with van der Waals surface area (Å²) < 4.78 is 0. The molecule has 84 valence electrons. The first-order valence-electron chi connectivity index (χ1n) is 5.50. The third-order valence-corrected chi connectivity index (χ3v) is 3.02. The van der Waals surface area contributed by atoms with E-state index in [2.05, 4.69) is 46.8 Å². The van der Waals surface area contributed by atoms with Crippen LogP contribution in [0.4, 0.5) is 0 Å². The van der Waals surface area contributed by atoms with Gasteiger partial charge in [-0.05, 0) is 11.0 Å². The van der Waals surface area contributed by atoms with Crippen LogP contribution in [-0.2, 0) is 5.41 Å². The summed E-state index contributed by atoms with van der Waals surface area (Å²) in [6.07, 6.45) is -0.354. The van der Waals surface area contributed by atoms with E-state index >= 15 is 0 Å². The van der Waals surface area contributed by atoms with Gasteiger partial charge in [-0.1, -0.05) is 65.0 Å². The Labute approximate surface area is 93.1 Å². The van der Waals surface area contributed by atoms with Gasteiger partial charge in [0.15, 0.2) is 0 Å². The molecule has 1 unspecified atom stereocenters. The molecule has 0 aromatic heterocycles. The number of rotatable bonds is 2. The largest absolute Gasteiger partial charge is 0.392 e. The molecule has 1 aromatic carbocycles. The second kappa shape index (κ2) is 3.97. The molecule has 0 aliphatic rings. The van der Waals surface area contributed by atoms with Gasteiger partial charge in [0, 0.05) is 5.41 Å². The molecule has 0 saturated carbocycles. The Balaban J connectivity index is 3.03. The highest BCUT2D eigenvalue weighted by atomic mass is 16.3. The van der Waals surface area contributed by atoms with E-state index in [4.69, 9.17) is 0 Å². The van der Waals surface area contributed by atoms with Crippen molar-refractivity contribution in [2.45, 2.75) is 46.1 Å². The Morgan fingerprint density at radius 2 is 1.40 bits per heavy atom. The van der Waals surface area contributed by atoms with Gasteiger partial charge in [0.25, 0.3) is 0 Å². The quantitative estimate of drug-likeness (QED) is 0.786. The van der Waals surface area contributed by atoms with Crippen LogP contribution in [-0.4, -0.2) is 11.2 Å². The fourth-order valence-corrected chi connectivity index (χ4v) is 2.11. The van der Waals surface area contributed by atoms with Crippen molar-refractivity contribution in [3.05, 3.63) is 35.9 Å². The molecule has 1 heteroatoms. The Bertz CT molecular complexity index is 306. The molecular weight excluding hydrogens is 184 g/mol. The lowest BCUT2D eigenvalue weighted by molar-refractivity contribution is 0.00545. The minimum absolute atomic E-state index is 0.0979. The predicted octanol–water partition coefficient (Wildman–Crippen LogP) is 3.37. The van der Waals surface area contributed by atoms with Crippen molar-refractivity contribution >= 4 is 0 Å². The van der Waals surface area contributed by atoms with Crippen molar-refractivity contribution in [3.63, 3.8) is 0 Å². The fourth-order valence-electron chi connectivity index (χ4n) is 2.11. The van der Waals surface area contributed by atoms with Crippen molar-refractivity contribution < 1.29 is 5.11 Å².